The van der Waals surface area contributed by atoms with E-state index >= 15 is 0 Å². The van der Waals surface area contributed by atoms with Crippen LogP contribution in [0.2, 0.25) is 0 Å². The first-order chi connectivity index (χ1) is 6.27. The van der Waals surface area contributed by atoms with Crippen molar-refractivity contribution in [2.45, 2.75) is 0 Å². The van der Waals surface area contributed by atoms with Gasteiger partial charge < -0.3 is 5.11 Å². The lowest BCUT2D eigenvalue weighted by Crippen LogP contribution is -1.94. The molecule has 2 nitrogen and oxygen atoms in total. The second kappa shape index (κ2) is 3.18. The van der Waals surface area contributed by atoms with Gasteiger partial charge in [-0.1, -0.05) is 24.3 Å². The minimum Gasteiger partial charge on any atom is -0.481 e. The Bertz CT molecular complexity index is 445. The van der Waals surface area contributed by atoms with Crippen molar-refractivity contribution >= 4 is 28.1 Å². The van der Waals surface area contributed by atoms with Crippen molar-refractivity contribution in [3.8, 4) is 0 Å². The smallest absolute Gasteiger partial charge is 0.313 e. The molecule has 0 aliphatic rings. The third-order valence-corrected chi connectivity index (χ3v) is 2.76. The molecule has 13 heavy (non-hydrogen) atoms. The van der Waals surface area contributed by atoms with Gasteiger partial charge in [0.2, 0.25) is 0 Å². The first-order valence-electron chi connectivity index (χ1n) is 3.81. The predicted molar refractivity (Wildman–Crippen MR) is 52.9 cm³/mol. The van der Waals surface area contributed by atoms with Crippen LogP contribution in [0.4, 0.5) is 0 Å². The Morgan fingerprint density at radius 1 is 1.38 bits per heavy atom. The molecule has 0 saturated heterocycles. The van der Waals surface area contributed by atoms with Crippen LogP contribution < -0.4 is 0 Å². The fraction of sp³-hybridized carbons (Fsp3) is 0. The fourth-order valence-corrected chi connectivity index (χ4v) is 2.18. The third-order valence-electron chi connectivity index (χ3n) is 1.79. The lowest BCUT2D eigenvalue weighted by Gasteiger charge is -1.92. The van der Waals surface area contributed by atoms with Crippen LogP contribution in [-0.4, -0.2) is 11.1 Å². The second-order valence-corrected chi connectivity index (χ2v) is 3.58. The average molecular weight is 191 g/mol. The van der Waals surface area contributed by atoms with E-state index in [-0.39, 0.29) is 0 Å². The van der Waals surface area contributed by atoms with Crippen LogP contribution in [0.5, 0.6) is 0 Å². The van der Waals surface area contributed by atoms with Crippen molar-refractivity contribution in [2.24, 2.45) is 0 Å². The Morgan fingerprint density at radius 2 is 2.15 bits per heavy atom. The van der Waals surface area contributed by atoms with Crippen LogP contribution in [0.15, 0.2) is 29.6 Å². The van der Waals surface area contributed by atoms with Gasteiger partial charge in [0.05, 0.1) is 0 Å². The number of fused-ring (bicyclic) bond motifs is 1. The van der Waals surface area contributed by atoms with Gasteiger partial charge in [0.1, 0.15) is 6.42 Å². The van der Waals surface area contributed by atoms with E-state index in [0.29, 0.717) is 0 Å². The standard InChI is InChI=1S/C10H7O2S/c11-10(12)5-9-8-4-2-1-3-7(8)6-13-9/h1-6H,(H,11,12). The number of hydrogen-bond donors (Lipinski definition) is 1. The maximum atomic E-state index is 10.5. The summed E-state index contributed by atoms with van der Waals surface area (Å²) in [5.41, 5.74) is 0. The van der Waals surface area contributed by atoms with Crippen LogP contribution in [0.25, 0.3) is 10.8 Å². The van der Waals surface area contributed by atoms with Gasteiger partial charge in [0, 0.05) is 4.88 Å². The minimum atomic E-state index is -0.896. The maximum Gasteiger partial charge on any atom is 0.313 e. The molecule has 0 saturated carbocycles. The van der Waals surface area contributed by atoms with Gasteiger partial charge in [0.15, 0.2) is 0 Å². The van der Waals surface area contributed by atoms with E-state index in [1.165, 1.54) is 17.8 Å². The van der Waals surface area contributed by atoms with Crippen molar-refractivity contribution in [1.82, 2.24) is 0 Å². The Balaban J connectivity index is 2.51. The minimum absolute atomic E-state index is 0.808. The molecule has 0 aliphatic heterocycles. The number of carboxylic acids is 1. The molecule has 0 spiro atoms. The van der Waals surface area contributed by atoms with Crippen LogP contribution in [-0.2, 0) is 4.79 Å². The van der Waals surface area contributed by atoms with E-state index in [1.807, 2.05) is 29.6 Å². The SMILES string of the molecule is O=C(O)[CH]c1scc2ccccc12. The number of rotatable bonds is 2. The number of hydrogen-bond acceptors (Lipinski definition) is 2. The van der Waals surface area contributed by atoms with Gasteiger partial charge in [-0.2, -0.15) is 0 Å². The van der Waals surface area contributed by atoms with E-state index < -0.39 is 5.97 Å². The van der Waals surface area contributed by atoms with Gasteiger partial charge >= 0.3 is 5.97 Å². The molecular formula is C10H7O2S. The zero-order valence-electron chi connectivity index (χ0n) is 6.73. The van der Waals surface area contributed by atoms with E-state index in [0.717, 1.165) is 15.6 Å². The molecule has 0 fully saturated rings. The summed E-state index contributed by atoms with van der Waals surface area (Å²) in [6.45, 7) is 0. The van der Waals surface area contributed by atoms with Crippen molar-refractivity contribution in [1.29, 1.82) is 0 Å². The molecule has 1 aromatic carbocycles. The molecule has 2 rings (SSSR count). The summed E-state index contributed by atoms with van der Waals surface area (Å²) in [7, 11) is 0. The van der Waals surface area contributed by atoms with E-state index in [4.69, 9.17) is 5.11 Å². The quantitative estimate of drug-likeness (QED) is 0.792. The van der Waals surface area contributed by atoms with E-state index in [9.17, 15) is 4.79 Å². The van der Waals surface area contributed by atoms with Crippen LogP contribution in [0.3, 0.4) is 0 Å². The molecule has 3 heteroatoms. The summed E-state index contributed by atoms with van der Waals surface area (Å²) in [6.07, 6.45) is 1.24. The molecule has 1 aromatic heterocycles. The Hall–Kier alpha value is -1.35. The van der Waals surface area contributed by atoms with Crippen molar-refractivity contribution in [3.05, 3.63) is 40.9 Å². The van der Waals surface area contributed by atoms with Crippen LogP contribution in [0.1, 0.15) is 4.88 Å². The highest BCUT2D eigenvalue weighted by atomic mass is 32.1. The highest BCUT2D eigenvalue weighted by Crippen LogP contribution is 2.26. The lowest BCUT2D eigenvalue weighted by molar-refractivity contribution is -0.132. The van der Waals surface area contributed by atoms with Crippen LogP contribution >= 0.6 is 11.3 Å². The molecule has 2 aromatic rings. The Labute approximate surface area is 79.4 Å². The van der Waals surface area contributed by atoms with Gasteiger partial charge in [-0.25, -0.2) is 0 Å². The van der Waals surface area contributed by atoms with E-state index in [2.05, 4.69) is 0 Å². The summed E-state index contributed by atoms with van der Waals surface area (Å²) in [4.78, 5) is 11.3. The average Bonchev–Trinajstić information content (AvgIpc) is 2.48. The molecule has 1 N–H and O–H groups in total. The van der Waals surface area contributed by atoms with Crippen molar-refractivity contribution < 1.29 is 9.90 Å². The lowest BCUT2D eigenvalue weighted by atomic mass is 10.1. The summed E-state index contributed by atoms with van der Waals surface area (Å²) >= 11 is 1.45. The molecule has 0 aliphatic carbocycles. The Morgan fingerprint density at radius 3 is 2.92 bits per heavy atom. The zero-order valence-corrected chi connectivity index (χ0v) is 7.54. The van der Waals surface area contributed by atoms with Crippen LogP contribution in [0, 0.1) is 6.42 Å². The molecule has 1 radical (unpaired) electrons. The normalized spacial score (nSPS) is 10.5. The van der Waals surface area contributed by atoms with E-state index in [1.54, 1.807) is 0 Å². The fourth-order valence-electron chi connectivity index (χ4n) is 1.24. The van der Waals surface area contributed by atoms with Gasteiger partial charge in [-0.05, 0) is 16.2 Å². The summed E-state index contributed by atoms with van der Waals surface area (Å²) < 4.78 is 0. The Kier molecular flexibility index (Phi) is 2.02. The van der Waals surface area contributed by atoms with Crippen molar-refractivity contribution in [2.75, 3.05) is 0 Å². The zero-order chi connectivity index (χ0) is 9.26. The first kappa shape index (κ1) is 8.26. The number of aliphatic carboxylic acids is 1. The predicted octanol–water partition coefficient (Wildman–Crippen LogP) is 2.54. The highest BCUT2D eigenvalue weighted by molar-refractivity contribution is 7.12. The molecule has 0 bridgehead atoms. The molecule has 0 atom stereocenters. The summed E-state index contributed by atoms with van der Waals surface area (Å²) in [6, 6.07) is 7.76. The summed E-state index contributed by atoms with van der Waals surface area (Å²) in [5, 5.41) is 12.7. The summed E-state index contributed by atoms with van der Waals surface area (Å²) in [5.74, 6) is -0.896. The topological polar surface area (TPSA) is 37.3 Å². The maximum absolute atomic E-state index is 10.5. The van der Waals surface area contributed by atoms with Gasteiger partial charge in [-0.15, -0.1) is 11.3 Å². The molecule has 1 heterocycles. The number of benzene rings is 1. The van der Waals surface area contributed by atoms with Gasteiger partial charge in [-0.3, -0.25) is 4.79 Å². The van der Waals surface area contributed by atoms with Crippen molar-refractivity contribution in [3.63, 3.8) is 0 Å². The molecular weight excluding hydrogens is 184 g/mol. The van der Waals surface area contributed by atoms with Gasteiger partial charge in [0.25, 0.3) is 0 Å². The third kappa shape index (κ3) is 1.55. The number of carbonyl (C=O) groups is 1. The number of thiophene rings is 1. The largest absolute Gasteiger partial charge is 0.481 e. The first-order valence-corrected chi connectivity index (χ1v) is 4.69. The second-order valence-electron chi connectivity index (χ2n) is 2.67. The molecule has 0 unspecified atom stereocenters. The highest BCUT2D eigenvalue weighted by Gasteiger charge is 2.07. The molecule has 0 amide bonds. The number of carboxylic acid groups (broad SMARTS) is 1. The monoisotopic (exact) mass is 191 g/mol. The molecule has 65 valence electrons.